The number of anilines is 3. The molecule has 1 aliphatic carbocycles. The van der Waals surface area contributed by atoms with Crippen molar-refractivity contribution in [3.8, 4) is 0 Å². The zero-order valence-electron chi connectivity index (χ0n) is 12.5. The smallest absolute Gasteiger partial charge is 0.223 e. The largest absolute Gasteiger partial charge is 0.383 e. The van der Waals surface area contributed by atoms with Gasteiger partial charge in [0, 0.05) is 24.7 Å². The van der Waals surface area contributed by atoms with Gasteiger partial charge in [-0.15, -0.1) is 0 Å². The molecule has 0 unspecified atom stereocenters. The molecule has 0 atom stereocenters. The van der Waals surface area contributed by atoms with Crippen LogP contribution in [0.4, 0.5) is 17.6 Å². The lowest BCUT2D eigenvalue weighted by Gasteiger charge is -2.45. The number of nitrogen functional groups attached to an aromatic ring is 2. The zero-order valence-corrected chi connectivity index (χ0v) is 12.5. The first kappa shape index (κ1) is 13.1. The molecular formula is C15H24N6. The Kier molecular flexibility index (Phi) is 3.14. The van der Waals surface area contributed by atoms with E-state index >= 15 is 0 Å². The Morgan fingerprint density at radius 1 is 1.05 bits per heavy atom. The third-order valence-electron chi connectivity index (χ3n) is 5.04. The standard InChI is InChI=1S/C15H24N6/c16-13-12(7-10-3-4-10)14(19-15(17)18-13)21-8-11(9-21)20-5-1-2-6-20/h10-11H,1-9H2,(H4,16,17,18,19). The minimum Gasteiger partial charge on any atom is -0.383 e. The Bertz CT molecular complexity index is 529. The van der Waals surface area contributed by atoms with E-state index in [9.17, 15) is 0 Å². The Morgan fingerprint density at radius 2 is 1.76 bits per heavy atom. The van der Waals surface area contributed by atoms with Crippen LogP contribution in [0.5, 0.6) is 0 Å². The summed E-state index contributed by atoms with van der Waals surface area (Å²) in [5, 5.41) is 0. The van der Waals surface area contributed by atoms with Gasteiger partial charge in [0.2, 0.25) is 5.95 Å². The summed E-state index contributed by atoms with van der Waals surface area (Å²) >= 11 is 0. The fraction of sp³-hybridized carbons (Fsp3) is 0.733. The molecule has 3 heterocycles. The van der Waals surface area contributed by atoms with Gasteiger partial charge in [-0.1, -0.05) is 0 Å². The second-order valence-electron chi connectivity index (χ2n) is 6.72. The van der Waals surface area contributed by atoms with Gasteiger partial charge in [0.05, 0.1) is 0 Å². The number of rotatable bonds is 4. The van der Waals surface area contributed by atoms with Crippen molar-refractivity contribution in [1.29, 1.82) is 0 Å². The third-order valence-corrected chi connectivity index (χ3v) is 5.04. The molecular weight excluding hydrogens is 264 g/mol. The van der Waals surface area contributed by atoms with Crippen LogP contribution in [0.2, 0.25) is 0 Å². The maximum atomic E-state index is 6.10. The van der Waals surface area contributed by atoms with Crippen LogP contribution in [0.25, 0.3) is 0 Å². The zero-order chi connectivity index (χ0) is 14.4. The van der Waals surface area contributed by atoms with Crippen LogP contribution in [0.1, 0.15) is 31.2 Å². The molecule has 0 aromatic carbocycles. The van der Waals surface area contributed by atoms with E-state index in [1.165, 1.54) is 38.8 Å². The van der Waals surface area contributed by atoms with E-state index in [-0.39, 0.29) is 0 Å². The fourth-order valence-corrected chi connectivity index (χ4v) is 3.54. The molecule has 0 bridgehead atoms. The quantitative estimate of drug-likeness (QED) is 0.855. The molecule has 4 N–H and O–H groups in total. The normalized spacial score (nSPS) is 23.5. The summed E-state index contributed by atoms with van der Waals surface area (Å²) in [6.07, 6.45) is 6.30. The third kappa shape index (κ3) is 2.52. The molecule has 21 heavy (non-hydrogen) atoms. The van der Waals surface area contributed by atoms with E-state index in [1.807, 2.05) is 0 Å². The van der Waals surface area contributed by atoms with Crippen molar-refractivity contribution in [1.82, 2.24) is 14.9 Å². The number of nitrogens with two attached hydrogens (primary N) is 2. The van der Waals surface area contributed by atoms with Gasteiger partial charge in [-0.2, -0.15) is 9.97 Å². The van der Waals surface area contributed by atoms with Gasteiger partial charge in [0.15, 0.2) is 0 Å². The molecule has 0 spiro atoms. The van der Waals surface area contributed by atoms with Gasteiger partial charge in [0.1, 0.15) is 11.6 Å². The van der Waals surface area contributed by atoms with E-state index in [4.69, 9.17) is 11.5 Å². The van der Waals surface area contributed by atoms with Crippen LogP contribution in [0, 0.1) is 5.92 Å². The molecule has 1 aromatic heterocycles. The van der Waals surface area contributed by atoms with Gasteiger partial charge in [-0.3, -0.25) is 4.90 Å². The molecule has 3 aliphatic rings. The summed E-state index contributed by atoms with van der Waals surface area (Å²) in [6, 6.07) is 0.679. The molecule has 6 nitrogen and oxygen atoms in total. The number of likely N-dealkylation sites (tertiary alicyclic amines) is 1. The van der Waals surface area contributed by atoms with E-state index in [0.29, 0.717) is 17.8 Å². The SMILES string of the molecule is Nc1nc(N)c(CC2CC2)c(N2CC(N3CCCC3)C2)n1. The Morgan fingerprint density at radius 3 is 2.43 bits per heavy atom. The number of aromatic nitrogens is 2. The average Bonchev–Trinajstić information content (AvgIpc) is 3.05. The van der Waals surface area contributed by atoms with Crippen molar-refractivity contribution in [3.63, 3.8) is 0 Å². The number of hydrogen-bond donors (Lipinski definition) is 2. The molecule has 3 fully saturated rings. The second kappa shape index (κ2) is 5.02. The predicted octanol–water partition coefficient (Wildman–Crippen LogP) is 0.878. The summed E-state index contributed by atoms with van der Waals surface area (Å²) < 4.78 is 0. The summed E-state index contributed by atoms with van der Waals surface area (Å²) in [7, 11) is 0. The Balaban J connectivity index is 1.51. The molecule has 1 saturated carbocycles. The molecule has 0 radical (unpaired) electrons. The minimum atomic E-state index is 0.298. The summed E-state index contributed by atoms with van der Waals surface area (Å²) in [4.78, 5) is 13.6. The Labute approximate surface area is 125 Å². The van der Waals surface area contributed by atoms with Crippen LogP contribution >= 0.6 is 0 Å². The van der Waals surface area contributed by atoms with Gasteiger partial charge >= 0.3 is 0 Å². The van der Waals surface area contributed by atoms with Crippen LogP contribution in [0.3, 0.4) is 0 Å². The highest BCUT2D eigenvalue weighted by Crippen LogP contribution is 2.38. The highest BCUT2D eigenvalue weighted by Gasteiger charge is 2.36. The summed E-state index contributed by atoms with van der Waals surface area (Å²) in [5.74, 6) is 2.64. The summed E-state index contributed by atoms with van der Waals surface area (Å²) in [6.45, 7) is 4.60. The first-order valence-electron chi connectivity index (χ1n) is 8.11. The highest BCUT2D eigenvalue weighted by molar-refractivity contribution is 5.61. The van der Waals surface area contributed by atoms with E-state index in [2.05, 4.69) is 19.8 Å². The first-order chi connectivity index (χ1) is 10.2. The number of nitrogens with zero attached hydrogens (tertiary/aromatic N) is 4. The van der Waals surface area contributed by atoms with Gasteiger partial charge in [-0.25, -0.2) is 0 Å². The average molecular weight is 288 g/mol. The fourth-order valence-electron chi connectivity index (χ4n) is 3.54. The van der Waals surface area contributed by atoms with Crippen LogP contribution in [-0.2, 0) is 6.42 Å². The highest BCUT2D eigenvalue weighted by atomic mass is 15.3. The lowest BCUT2D eigenvalue weighted by molar-refractivity contribution is 0.204. The summed E-state index contributed by atoms with van der Waals surface area (Å²) in [5.41, 5.74) is 13.0. The molecule has 1 aromatic rings. The maximum absolute atomic E-state index is 6.10. The van der Waals surface area contributed by atoms with E-state index in [0.717, 1.165) is 36.8 Å². The van der Waals surface area contributed by atoms with Crippen LogP contribution < -0.4 is 16.4 Å². The van der Waals surface area contributed by atoms with Crippen molar-refractivity contribution in [3.05, 3.63) is 5.56 Å². The lowest BCUT2D eigenvalue weighted by Crippen LogP contribution is -2.59. The topological polar surface area (TPSA) is 84.3 Å². The van der Waals surface area contributed by atoms with Crippen molar-refractivity contribution >= 4 is 17.6 Å². The minimum absolute atomic E-state index is 0.298. The first-order valence-corrected chi connectivity index (χ1v) is 8.11. The lowest BCUT2D eigenvalue weighted by atomic mass is 10.0. The van der Waals surface area contributed by atoms with Crippen molar-refractivity contribution < 1.29 is 0 Å². The predicted molar refractivity (Wildman–Crippen MR) is 84.1 cm³/mol. The molecule has 4 rings (SSSR count). The van der Waals surface area contributed by atoms with Gasteiger partial charge in [-0.05, 0) is 51.1 Å². The van der Waals surface area contributed by atoms with Gasteiger partial charge < -0.3 is 16.4 Å². The number of hydrogen-bond acceptors (Lipinski definition) is 6. The maximum Gasteiger partial charge on any atom is 0.223 e. The van der Waals surface area contributed by atoms with Crippen molar-refractivity contribution in [2.45, 2.75) is 38.1 Å². The van der Waals surface area contributed by atoms with Crippen LogP contribution in [0.15, 0.2) is 0 Å². The van der Waals surface area contributed by atoms with Crippen molar-refractivity contribution in [2.24, 2.45) is 5.92 Å². The monoisotopic (exact) mass is 288 g/mol. The van der Waals surface area contributed by atoms with Gasteiger partial charge in [0.25, 0.3) is 0 Å². The van der Waals surface area contributed by atoms with Crippen molar-refractivity contribution in [2.75, 3.05) is 42.5 Å². The van der Waals surface area contributed by atoms with E-state index < -0.39 is 0 Å². The molecule has 2 saturated heterocycles. The Hall–Kier alpha value is -1.56. The molecule has 6 heteroatoms. The molecule has 0 amide bonds. The molecule has 114 valence electrons. The van der Waals surface area contributed by atoms with Crippen LogP contribution in [-0.4, -0.2) is 47.1 Å². The second-order valence-corrected chi connectivity index (χ2v) is 6.72. The molecule has 2 aliphatic heterocycles. The van der Waals surface area contributed by atoms with E-state index in [1.54, 1.807) is 0 Å².